The number of urea groups is 1. The summed E-state index contributed by atoms with van der Waals surface area (Å²) in [5.41, 5.74) is 0.324. The largest absolute Gasteiger partial charge is 0.484 e. The van der Waals surface area contributed by atoms with E-state index < -0.39 is 66.7 Å². The Hall–Kier alpha value is -5.53. The summed E-state index contributed by atoms with van der Waals surface area (Å²) < 4.78 is 42.9. The van der Waals surface area contributed by atoms with Crippen molar-refractivity contribution in [3.05, 3.63) is 83.9 Å². The van der Waals surface area contributed by atoms with Gasteiger partial charge in [-0.2, -0.15) is 0 Å². The molecule has 0 saturated carbocycles. The monoisotopic (exact) mass is 654 g/mol. The van der Waals surface area contributed by atoms with Crippen LogP contribution in [0.2, 0.25) is 0 Å². The highest BCUT2D eigenvalue weighted by atomic mass is 19.1. The van der Waals surface area contributed by atoms with Crippen LogP contribution < -0.4 is 25.2 Å². The van der Waals surface area contributed by atoms with Crippen molar-refractivity contribution >= 4 is 46.8 Å². The first-order valence-electron chi connectivity index (χ1n) is 14.3. The fourth-order valence-corrected chi connectivity index (χ4v) is 4.11. The van der Waals surface area contributed by atoms with Gasteiger partial charge in [-0.25, -0.2) is 13.6 Å². The van der Waals surface area contributed by atoms with E-state index in [1.54, 1.807) is 45.0 Å². The maximum absolute atomic E-state index is 13.6. The van der Waals surface area contributed by atoms with Gasteiger partial charge in [0.15, 0.2) is 6.61 Å². The van der Waals surface area contributed by atoms with Gasteiger partial charge in [0.2, 0.25) is 5.91 Å². The molecular formula is C33H36F2N4O8. The third-order valence-corrected chi connectivity index (χ3v) is 6.27. The van der Waals surface area contributed by atoms with Crippen LogP contribution in [0.4, 0.5) is 30.6 Å². The number of amides is 4. The van der Waals surface area contributed by atoms with Crippen LogP contribution in [-0.2, 0) is 35.1 Å². The Kier molecular flexibility index (Phi) is 12.4. The standard InChI is InChI=1S/C33H36F2N4O8/c1-33(2,3)47-31(43)19-39(28(40)18-36-32(44)37-24-9-6-8-21(12-24)13-30(42)45-5)25-10-7-11-27(17-25)46-20-29(41)38(4)26-15-22(34)14-23(35)16-26/h6-12,14-17H,13,18-20H2,1-5H3,(H2,36,37,44). The van der Waals surface area contributed by atoms with Crippen molar-refractivity contribution < 1.29 is 47.0 Å². The van der Waals surface area contributed by atoms with E-state index in [0.29, 0.717) is 17.3 Å². The maximum atomic E-state index is 13.6. The number of halogens is 2. The van der Waals surface area contributed by atoms with Crippen LogP contribution >= 0.6 is 0 Å². The van der Waals surface area contributed by atoms with Gasteiger partial charge in [0.25, 0.3) is 5.91 Å². The number of benzene rings is 3. The Balaban J connectivity index is 1.70. The van der Waals surface area contributed by atoms with Crippen molar-refractivity contribution in [1.29, 1.82) is 0 Å². The molecule has 3 aromatic rings. The summed E-state index contributed by atoms with van der Waals surface area (Å²) in [6.07, 6.45) is 0.00633. The zero-order chi connectivity index (χ0) is 34.7. The Bertz CT molecular complexity index is 1610. The molecule has 0 atom stereocenters. The lowest BCUT2D eigenvalue weighted by atomic mass is 10.1. The summed E-state index contributed by atoms with van der Waals surface area (Å²) in [5.74, 6) is -4.01. The first-order chi connectivity index (χ1) is 22.1. The van der Waals surface area contributed by atoms with Gasteiger partial charge in [0.1, 0.15) is 29.5 Å². The lowest BCUT2D eigenvalue weighted by Crippen LogP contribution is -2.45. The predicted molar refractivity (Wildman–Crippen MR) is 169 cm³/mol. The number of esters is 2. The Morgan fingerprint density at radius 2 is 1.51 bits per heavy atom. The molecule has 0 unspecified atom stereocenters. The molecule has 4 amide bonds. The number of anilines is 3. The molecule has 12 nitrogen and oxygen atoms in total. The average Bonchev–Trinajstić information content (AvgIpc) is 2.99. The van der Waals surface area contributed by atoms with Gasteiger partial charge in [-0.05, 0) is 62.7 Å². The minimum atomic E-state index is -0.847. The molecule has 2 N–H and O–H groups in total. The summed E-state index contributed by atoms with van der Waals surface area (Å²) in [5, 5.41) is 5.03. The number of rotatable bonds is 12. The van der Waals surface area contributed by atoms with Crippen molar-refractivity contribution in [2.24, 2.45) is 0 Å². The van der Waals surface area contributed by atoms with E-state index in [-0.39, 0.29) is 23.5 Å². The molecule has 0 aliphatic rings. The Morgan fingerprint density at radius 1 is 0.830 bits per heavy atom. The van der Waals surface area contributed by atoms with Crippen LogP contribution in [0.25, 0.3) is 0 Å². The van der Waals surface area contributed by atoms with E-state index in [4.69, 9.17) is 9.47 Å². The molecule has 14 heteroatoms. The number of ether oxygens (including phenoxy) is 3. The second-order valence-corrected chi connectivity index (χ2v) is 11.2. The highest BCUT2D eigenvalue weighted by Gasteiger charge is 2.24. The topological polar surface area (TPSA) is 144 Å². The van der Waals surface area contributed by atoms with Crippen LogP contribution in [0, 0.1) is 11.6 Å². The quantitative estimate of drug-likeness (QED) is 0.277. The molecule has 0 aromatic heterocycles. The lowest BCUT2D eigenvalue weighted by Gasteiger charge is -2.26. The number of carbonyl (C=O) groups excluding carboxylic acids is 5. The first kappa shape index (κ1) is 35.9. The van der Waals surface area contributed by atoms with Crippen LogP contribution in [0.15, 0.2) is 66.7 Å². The number of methoxy groups -OCH3 is 1. The molecule has 0 aliphatic heterocycles. The smallest absolute Gasteiger partial charge is 0.326 e. The number of hydrogen-bond acceptors (Lipinski definition) is 8. The predicted octanol–water partition coefficient (Wildman–Crippen LogP) is 4.22. The van der Waals surface area contributed by atoms with Crippen molar-refractivity contribution in [3.8, 4) is 5.75 Å². The van der Waals surface area contributed by atoms with E-state index in [0.717, 1.165) is 21.9 Å². The fraction of sp³-hybridized carbons (Fsp3) is 0.303. The molecule has 0 aliphatic carbocycles. The number of nitrogens with zero attached hydrogens (tertiary/aromatic N) is 2. The van der Waals surface area contributed by atoms with Gasteiger partial charge in [-0.15, -0.1) is 0 Å². The minimum absolute atomic E-state index is 0.00633. The van der Waals surface area contributed by atoms with Crippen molar-refractivity contribution in [2.75, 3.05) is 49.0 Å². The van der Waals surface area contributed by atoms with Gasteiger partial charge < -0.3 is 29.7 Å². The molecule has 3 rings (SSSR count). The highest BCUT2D eigenvalue weighted by molar-refractivity contribution is 6.01. The van der Waals surface area contributed by atoms with Crippen LogP contribution in [0.1, 0.15) is 26.3 Å². The summed E-state index contributed by atoms with van der Waals surface area (Å²) in [4.78, 5) is 65.0. The molecule has 0 spiro atoms. The molecule has 0 fully saturated rings. The van der Waals surface area contributed by atoms with Gasteiger partial charge in [-0.1, -0.05) is 18.2 Å². The zero-order valence-corrected chi connectivity index (χ0v) is 26.6. The number of carbonyl (C=O) groups is 5. The molecule has 0 heterocycles. The average molecular weight is 655 g/mol. The van der Waals surface area contributed by atoms with Gasteiger partial charge in [0.05, 0.1) is 20.1 Å². The Labute approximate surface area is 270 Å². The molecule has 0 radical (unpaired) electrons. The normalized spacial score (nSPS) is 10.8. The SMILES string of the molecule is COC(=O)Cc1cccc(NC(=O)NCC(=O)N(CC(=O)OC(C)(C)C)c2cccc(OCC(=O)N(C)c3cc(F)cc(F)c3)c2)c1. The molecule has 3 aromatic carbocycles. The van der Waals surface area contributed by atoms with Crippen molar-refractivity contribution in [1.82, 2.24) is 5.32 Å². The summed E-state index contributed by atoms with van der Waals surface area (Å²) in [7, 11) is 2.60. The van der Waals surface area contributed by atoms with Crippen molar-refractivity contribution in [2.45, 2.75) is 32.8 Å². The second kappa shape index (κ2) is 16.2. The van der Waals surface area contributed by atoms with Gasteiger partial charge >= 0.3 is 18.0 Å². The van der Waals surface area contributed by atoms with Gasteiger partial charge in [-0.3, -0.25) is 24.1 Å². The number of hydrogen-bond donors (Lipinski definition) is 2. The minimum Gasteiger partial charge on any atom is -0.484 e. The van der Waals surface area contributed by atoms with E-state index in [9.17, 15) is 32.8 Å². The van der Waals surface area contributed by atoms with E-state index in [2.05, 4.69) is 15.4 Å². The lowest BCUT2D eigenvalue weighted by molar-refractivity contribution is -0.153. The first-order valence-corrected chi connectivity index (χ1v) is 14.3. The van der Waals surface area contributed by atoms with Crippen LogP contribution in [0.3, 0.4) is 0 Å². The highest BCUT2D eigenvalue weighted by Crippen LogP contribution is 2.23. The number of nitrogens with one attached hydrogen (secondary N) is 2. The van der Waals surface area contributed by atoms with Gasteiger partial charge in [0, 0.05) is 36.2 Å². The molecule has 47 heavy (non-hydrogen) atoms. The van der Waals surface area contributed by atoms with Crippen LogP contribution in [-0.4, -0.2) is 69.2 Å². The second-order valence-electron chi connectivity index (χ2n) is 11.2. The van der Waals surface area contributed by atoms with E-state index in [1.807, 2.05) is 0 Å². The number of likely N-dealkylation sites (N-methyl/N-ethyl adjacent to an activating group) is 1. The third kappa shape index (κ3) is 11.7. The molecule has 0 bridgehead atoms. The fourth-order valence-electron chi connectivity index (χ4n) is 4.11. The summed E-state index contributed by atoms with van der Waals surface area (Å²) in [6.45, 7) is 3.47. The molecule has 250 valence electrons. The van der Waals surface area contributed by atoms with Crippen LogP contribution in [0.5, 0.6) is 5.75 Å². The van der Waals surface area contributed by atoms with E-state index >= 15 is 0 Å². The summed E-state index contributed by atoms with van der Waals surface area (Å²) in [6, 6.07) is 14.4. The molecular weight excluding hydrogens is 618 g/mol. The Morgan fingerprint density at radius 3 is 2.17 bits per heavy atom. The van der Waals surface area contributed by atoms with Crippen molar-refractivity contribution in [3.63, 3.8) is 0 Å². The zero-order valence-electron chi connectivity index (χ0n) is 26.6. The third-order valence-electron chi connectivity index (χ3n) is 6.27. The summed E-state index contributed by atoms with van der Waals surface area (Å²) >= 11 is 0. The maximum Gasteiger partial charge on any atom is 0.326 e. The van der Waals surface area contributed by atoms with E-state index in [1.165, 1.54) is 38.4 Å². The molecule has 0 saturated heterocycles.